The highest BCUT2D eigenvalue weighted by Gasteiger charge is 2.24. The molecule has 0 N–H and O–H groups in total. The average molecular weight is 1020 g/mol. The van der Waals surface area contributed by atoms with E-state index in [1.807, 2.05) is 60.4 Å². The standard InChI is InChI=1S/C16H36N.C7H8O3S.3C6H11N2.2CH4O3S.BF4/c1-5-9-13-17(14-10-6-2,15-11-7-3)16-12-8-4;1-6-2-4-7(5-3-6)11(8,9)10;3*1-3-8-5-4-7(2)6-8;2*1-5(2,3)4;2-1(3,4)5/h5-16H2,1-4H3;2-5H,1H3,(H,8,9,10);3*4-6H,3H2,1-2H3;2*1H3,(H,2,3,4);/q+1;;3*+1;;;-1/p-3. The highest BCUT2D eigenvalue weighted by atomic mass is 32.2. The molecule has 0 fully saturated rings. The number of aryl methyl sites for hydroxylation is 7. The summed E-state index contributed by atoms with van der Waals surface area (Å²) in [4.78, 5) is -0.178. The molecule has 0 amide bonds. The van der Waals surface area contributed by atoms with E-state index >= 15 is 0 Å². The first kappa shape index (κ1) is 69.9. The maximum atomic E-state index is 10.4. The number of aromatic nitrogens is 6. The van der Waals surface area contributed by atoms with Gasteiger partial charge in [-0.15, -0.1) is 0 Å². The minimum absolute atomic E-state index is 0.178. The van der Waals surface area contributed by atoms with Crippen molar-refractivity contribution in [2.75, 3.05) is 38.7 Å². The topological polar surface area (TPSA) is 198 Å². The van der Waals surface area contributed by atoms with Gasteiger partial charge < -0.3 is 35.4 Å². The molecule has 0 aliphatic carbocycles. The minimum Gasteiger partial charge on any atom is -0.748 e. The Morgan fingerprint density at radius 1 is 0.522 bits per heavy atom. The Balaban J connectivity index is -0.000000352. The van der Waals surface area contributed by atoms with Crippen LogP contribution in [0.1, 0.15) is 105 Å². The van der Waals surface area contributed by atoms with Crippen molar-refractivity contribution in [2.24, 2.45) is 21.1 Å². The van der Waals surface area contributed by atoms with Crippen LogP contribution in [0.25, 0.3) is 0 Å². The van der Waals surface area contributed by atoms with Crippen LogP contribution >= 0.6 is 0 Å². The summed E-state index contributed by atoms with van der Waals surface area (Å²) in [6.07, 6.45) is 30.7. The zero-order valence-electron chi connectivity index (χ0n) is 42.2. The summed E-state index contributed by atoms with van der Waals surface area (Å²) in [5, 5.41) is 0. The number of hydrogen-bond donors (Lipinski definition) is 0. The molecule has 0 spiro atoms. The van der Waals surface area contributed by atoms with Gasteiger partial charge >= 0.3 is 7.25 Å². The van der Waals surface area contributed by atoms with Crippen molar-refractivity contribution in [3.63, 3.8) is 0 Å². The maximum absolute atomic E-state index is 10.4. The second-order valence-corrected chi connectivity index (χ2v) is 19.7. The number of nitrogens with zero attached hydrogens (tertiary/aromatic N) is 7. The molecule has 392 valence electrons. The van der Waals surface area contributed by atoms with Crippen molar-refractivity contribution in [2.45, 2.75) is 131 Å². The molecule has 0 bridgehead atoms. The zero-order valence-corrected chi connectivity index (χ0v) is 44.7. The van der Waals surface area contributed by atoms with E-state index < -0.39 is 37.6 Å². The smallest absolute Gasteiger partial charge is 0.673 e. The molecule has 0 unspecified atom stereocenters. The molecule has 16 nitrogen and oxygen atoms in total. The third-order valence-corrected chi connectivity index (χ3v) is 9.67. The first-order chi connectivity index (χ1) is 30.7. The molecule has 3 aromatic heterocycles. The number of unbranched alkanes of at least 4 members (excludes halogenated alkanes) is 4. The van der Waals surface area contributed by atoms with E-state index in [0.717, 1.165) is 25.2 Å². The number of halogens is 4. The number of benzene rings is 1. The molecular weight excluding hydrogens is 942 g/mol. The Morgan fingerprint density at radius 2 is 0.746 bits per heavy atom. The van der Waals surface area contributed by atoms with Gasteiger partial charge in [-0.05, 0) is 65.5 Å². The molecule has 67 heavy (non-hydrogen) atoms. The summed E-state index contributed by atoms with van der Waals surface area (Å²) in [6.45, 7) is 26.4. The molecule has 0 saturated carbocycles. The number of quaternary nitrogens is 1. The van der Waals surface area contributed by atoms with Gasteiger partial charge in [-0.2, -0.15) is 0 Å². The van der Waals surface area contributed by atoms with Crippen molar-refractivity contribution in [3.05, 3.63) is 86.0 Å². The van der Waals surface area contributed by atoms with Gasteiger partial charge in [0.25, 0.3) is 0 Å². The van der Waals surface area contributed by atoms with Gasteiger partial charge in [0.05, 0.1) is 92.1 Å². The third-order valence-electron chi connectivity index (χ3n) is 8.82. The Labute approximate surface area is 401 Å². The molecule has 3 heterocycles. The van der Waals surface area contributed by atoms with E-state index in [2.05, 4.69) is 99.7 Å². The summed E-state index contributed by atoms with van der Waals surface area (Å²) in [7, 11) is -12.0. The minimum atomic E-state index is -6.00. The fourth-order valence-corrected chi connectivity index (χ4v) is 5.89. The molecule has 0 aliphatic heterocycles. The lowest BCUT2D eigenvalue weighted by Crippen LogP contribution is -2.50. The fraction of sp³-hybridized carbons (Fsp3) is 0.651. The maximum Gasteiger partial charge on any atom is 0.673 e. The van der Waals surface area contributed by atoms with Gasteiger partial charge in [0.15, 0.2) is 0 Å². The van der Waals surface area contributed by atoms with Crippen LogP contribution in [0.15, 0.2) is 85.3 Å². The Morgan fingerprint density at radius 3 is 0.881 bits per heavy atom. The van der Waals surface area contributed by atoms with Gasteiger partial charge in [0.2, 0.25) is 19.0 Å². The summed E-state index contributed by atoms with van der Waals surface area (Å²) in [5.41, 5.74) is 0.928. The van der Waals surface area contributed by atoms with Crippen LogP contribution in [0.4, 0.5) is 17.3 Å². The lowest BCUT2D eigenvalue weighted by molar-refractivity contribution is -0.929. The van der Waals surface area contributed by atoms with Gasteiger partial charge in [-0.3, -0.25) is 0 Å². The van der Waals surface area contributed by atoms with Gasteiger partial charge in [-0.25, -0.2) is 52.7 Å². The second-order valence-electron chi connectivity index (χ2n) is 15.5. The summed E-state index contributed by atoms with van der Waals surface area (Å²) >= 11 is 0. The van der Waals surface area contributed by atoms with Crippen LogP contribution in [0.2, 0.25) is 0 Å². The monoisotopic (exact) mass is 1020 g/mol. The lowest BCUT2D eigenvalue weighted by atomic mass is 10.1. The zero-order chi connectivity index (χ0) is 52.9. The first-order valence-electron chi connectivity index (χ1n) is 22.3. The molecule has 1 aromatic carbocycles. The van der Waals surface area contributed by atoms with Crippen molar-refractivity contribution >= 4 is 37.6 Å². The van der Waals surface area contributed by atoms with Crippen molar-refractivity contribution in [1.82, 2.24) is 13.7 Å². The number of imidazole rings is 3. The van der Waals surface area contributed by atoms with Crippen molar-refractivity contribution in [3.8, 4) is 0 Å². The summed E-state index contributed by atoms with van der Waals surface area (Å²) < 4.78 is 139. The summed E-state index contributed by atoms with van der Waals surface area (Å²) in [5.74, 6) is 0. The predicted octanol–water partition coefficient (Wildman–Crippen LogP) is 6.52. The Bertz CT molecular complexity index is 1950. The normalized spacial score (nSPS) is 11.0. The highest BCUT2D eigenvalue weighted by molar-refractivity contribution is 7.85. The van der Waals surface area contributed by atoms with Crippen LogP contribution in [0.5, 0.6) is 0 Å². The molecule has 0 saturated heterocycles. The van der Waals surface area contributed by atoms with Crippen LogP contribution in [0, 0.1) is 6.92 Å². The number of hydrogen-bond acceptors (Lipinski definition) is 9. The number of rotatable bonds is 16. The van der Waals surface area contributed by atoms with Crippen LogP contribution in [0.3, 0.4) is 0 Å². The van der Waals surface area contributed by atoms with Crippen LogP contribution in [-0.4, -0.2) is 103 Å². The second kappa shape index (κ2) is 38.2. The molecule has 0 radical (unpaired) electrons. The first-order valence-corrected chi connectivity index (χ1v) is 27.4. The van der Waals surface area contributed by atoms with Crippen LogP contribution in [-0.2, 0) is 71.1 Å². The third kappa shape index (κ3) is 53.1. The van der Waals surface area contributed by atoms with Crippen molar-refractivity contribution in [1.29, 1.82) is 0 Å². The largest absolute Gasteiger partial charge is 0.748 e. The van der Waals surface area contributed by atoms with Crippen LogP contribution < -0.4 is 13.7 Å². The van der Waals surface area contributed by atoms with E-state index in [1.165, 1.54) is 94.2 Å². The molecule has 0 atom stereocenters. The highest BCUT2D eigenvalue weighted by Crippen LogP contribution is 2.16. The Kier molecular flexibility index (Phi) is 39.9. The molecule has 24 heteroatoms. The fourth-order valence-electron chi connectivity index (χ4n) is 5.42. The lowest BCUT2D eigenvalue weighted by Gasteiger charge is -2.39. The van der Waals surface area contributed by atoms with E-state index in [-0.39, 0.29) is 4.90 Å². The molecule has 4 aromatic rings. The quantitative estimate of drug-likeness (QED) is 0.0394. The van der Waals surface area contributed by atoms with Gasteiger partial charge in [0.1, 0.15) is 47.3 Å². The SMILES string of the molecule is CCCC[N+](CCCC)(CCCC)CCCC.CCn1cc[n+](C)c1.CCn1cc[n+](C)c1.CCn1cc[n+](C)c1.CS(=O)(=O)[O-].CS(=O)(=O)[O-].Cc1ccc(S(=O)(=O)[O-])cc1.F[B-](F)(F)F. The molecule has 4 rings (SSSR count). The molecular formula is C43H82BF4N7O9S3. The van der Waals surface area contributed by atoms with E-state index in [4.69, 9.17) is 25.9 Å². The average Bonchev–Trinajstić information content (AvgIpc) is 3.96. The Hall–Kier alpha value is -3.68. The van der Waals surface area contributed by atoms with E-state index in [0.29, 0.717) is 12.5 Å². The molecule has 0 aliphatic rings. The predicted molar refractivity (Wildman–Crippen MR) is 254 cm³/mol. The van der Waals surface area contributed by atoms with Gasteiger partial charge in [-0.1, -0.05) is 71.1 Å². The van der Waals surface area contributed by atoms with E-state index in [1.54, 1.807) is 12.1 Å². The van der Waals surface area contributed by atoms with Gasteiger partial charge in [0, 0.05) is 12.5 Å². The van der Waals surface area contributed by atoms with Crippen molar-refractivity contribution < 1.29 is 74.4 Å². The summed E-state index contributed by atoms with van der Waals surface area (Å²) in [6, 6.07) is 5.78. The van der Waals surface area contributed by atoms with E-state index in [9.17, 15) is 30.2 Å².